The zero-order chi connectivity index (χ0) is 18.1. The van der Waals surface area contributed by atoms with Crippen molar-refractivity contribution in [1.82, 2.24) is 9.66 Å². The number of thiazole rings is 1. The van der Waals surface area contributed by atoms with E-state index in [1.54, 1.807) is 23.7 Å². The number of hydrogen-bond acceptors (Lipinski definition) is 6. The molecule has 0 N–H and O–H groups in total. The molecule has 0 spiro atoms. The van der Waals surface area contributed by atoms with E-state index in [1.165, 1.54) is 0 Å². The first-order valence-corrected chi connectivity index (χ1v) is 9.84. The smallest absolute Gasteiger partial charge is 0.206 e. The molecule has 1 aromatic carbocycles. The molecule has 27 heavy (non-hydrogen) atoms. The van der Waals surface area contributed by atoms with Gasteiger partial charge in [-0.3, -0.25) is 9.98 Å². The van der Waals surface area contributed by atoms with Crippen LogP contribution in [-0.2, 0) is 0 Å². The van der Waals surface area contributed by atoms with Crippen molar-refractivity contribution in [3.63, 3.8) is 0 Å². The van der Waals surface area contributed by atoms with Crippen LogP contribution in [-0.4, -0.2) is 35.1 Å². The van der Waals surface area contributed by atoms with Gasteiger partial charge < -0.3 is 9.47 Å². The van der Waals surface area contributed by atoms with Crippen LogP contribution in [0.3, 0.4) is 0 Å². The largest absolute Gasteiger partial charge is 0.486 e. The second kappa shape index (κ2) is 7.00. The maximum absolute atomic E-state index is 5.73. The number of pyridine rings is 1. The molecule has 1 saturated carbocycles. The molecule has 3 aromatic rings. The lowest BCUT2D eigenvalue weighted by molar-refractivity contribution is 0.171. The van der Waals surface area contributed by atoms with Gasteiger partial charge in [-0.25, -0.2) is 4.68 Å². The molecular formula is C20H18N4O2S. The van der Waals surface area contributed by atoms with Crippen molar-refractivity contribution in [3.05, 3.63) is 58.5 Å². The van der Waals surface area contributed by atoms with E-state index in [4.69, 9.17) is 14.5 Å². The maximum atomic E-state index is 5.73. The van der Waals surface area contributed by atoms with Gasteiger partial charge in [-0.15, -0.1) is 11.3 Å². The van der Waals surface area contributed by atoms with E-state index in [0.29, 0.717) is 19.3 Å². The highest BCUT2D eigenvalue weighted by atomic mass is 32.1. The van der Waals surface area contributed by atoms with E-state index in [2.05, 4.69) is 15.5 Å². The van der Waals surface area contributed by atoms with Crippen molar-refractivity contribution in [2.45, 2.75) is 18.9 Å². The maximum Gasteiger partial charge on any atom is 0.206 e. The predicted molar refractivity (Wildman–Crippen MR) is 105 cm³/mol. The Morgan fingerprint density at radius 2 is 2.00 bits per heavy atom. The molecule has 2 aliphatic rings. The van der Waals surface area contributed by atoms with Crippen LogP contribution in [0, 0.1) is 0 Å². The quantitative estimate of drug-likeness (QED) is 0.654. The zero-order valence-corrected chi connectivity index (χ0v) is 15.4. The van der Waals surface area contributed by atoms with Gasteiger partial charge in [0.1, 0.15) is 13.2 Å². The molecule has 0 saturated heterocycles. The molecular weight excluding hydrogens is 360 g/mol. The Morgan fingerprint density at radius 1 is 1.11 bits per heavy atom. The number of ether oxygens (including phenoxy) is 2. The summed E-state index contributed by atoms with van der Waals surface area (Å²) in [5, 5.41) is 6.77. The fraction of sp³-hybridized carbons (Fsp3) is 0.250. The van der Waals surface area contributed by atoms with Crippen LogP contribution in [0.4, 0.5) is 0 Å². The van der Waals surface area contributed by atoms with Crippen molar-refractivity contribution in [2.75, 3.05) is 13.2 Å². The Hall–Kier alpha value is -2.93. The van der Waals surface area contributed by atoms with E-state index in [1.807, 2.05) is 41.1 Å². The van der Waals surface area contributed by atoms with E-state index >= 15 is 0 Å². The summed E-state index contributed by atoms with van der Waals surface area (Å²) in [6.07, 6.45) is 5.83. The highest BCUT2D eigenvalue weighted by Gasteiger charge is 2.21. The van der Waals surface area contributed by atoms with Crippen molar-refractivity contribution in [2.24, 2.45) is 10.1 Å². The summed E-state index contributed by atoms with van der Waals surface area (Å²) >= 11 is 1.60. The Morgan fingerprint density at radius 3 is 2.81 bits per heavy atom. The van der Waals surface area contributed by atoms with E-state index < -0.39 is 0 Å². The standard InChI is InChI=1S/C20H18N4O2S/c1-2-8-21-16(3-1)12-22-24-17(13-27-20(24)23-15-5-6-15)14-4-7-18-19(11-14)26-10-9-25-18/h1-4,7-8,11-13,15H,5-6,9-10H2. The molecule has 1 fully saturated rings. The van der Waals surface area contributed by atoms with E-state index in [0.717, 1.165) is 46.1 Å². The zero-order valence-electron chi connectivity index (χ0n) is 14.6. The fourth-order valence-electron chi connectivity index (χ4n) is 2.83. The summed E-state index contributed by atoms with van der Waals surface area (Å²) in [5.74, 6) is 1.55. The molecule has 1 aliphatic heterocycles. The lowest BCUT2D eigenvalue weighted by Gasteiger charge is -2.18. The van der Waals surface area contributed by atoms with Gasteiger partial charge in [-0.2, -0.15) is 5.10 Å². The van der Waals surface area contributed by atoms with Gasteiger partial charge >= 0.3 is 0 Å². The van der Waals surface area contributed by atoms with Crippen molar-refractivity contribution in [3.8, 4) is 22.8 Å². The normalized spacial score (nSPS) is 16.8. The van der Waals surface area contributed by atoms with Crippen LogP contribution < -0.4 is 14.3 Å². The molecule has 0 amide bonds. The van der Waals surface area contributed by atoms with Crippen LogP contribution in [0.25, 0.3) is 11.3 Å². The van der Waals surface area contributed by atoms with Crippen LogP contribution >= 0.6 is 11.3 Å². The number of hydrogen-bond donors (Lipinski definition) is 0. The SMILES string of the molecule is C(=Nn1c(-c2ccc3c(c2)OCCO3)csc1=NC1CC1)c1ccccn1. The molecule has 3 heterocycles. The monoisotopic (exact) mass is 378 g/mol. The summed E-state index contributed by atoms with van der Waals surface area (Å²) in [6.45, 7) is 1.16. The third kappa shape index (κ3) is 3.50. The molecule has 136 valence electrons. The van der Waals surface area contributed by atoms with Crippen molar-refractivity contribution < 1.29 is 9.47 Å². The van der Waals surface area contributed by atoms with Gasteiger partial charge in [-0.05, 0) is 43.2 Å². The molecule has 1 aliphatic carbocycles. The number of benzene rings is 1. The summed E-state index contributed by atoms with van der Waals surface area (Å²) in [6, 6.07) is 12.2. The molecule has 0 radical (unpaired) electrons. The van der Waals surface area contributed by atoms with Gasteiger partial charge in [0, 0.05) is 17.1 Å². The summed E-state index contributed by atoms with van der Waals surface area (Å²) in [7, 11) is 0. The second-order valence-electron chi connectivity index (χ2n) is 6.43. The average Bonchev–Trinajstić information content (AvgIpc) is 3.45. The molecule has 7 heteroatoms. The summed E-state index contributed by atoms with van der Waals surface area (Å²) < 4.78 is 13.3. The molecule has 2 aromatic heterocycles. The predicted octanol–water partition coefficient (Wildman–Crippen LogP) is 3.33. The highest BCUT2D eigenvalue weighted by Crippen LogP contribution is 2.34. The minimum Gasteiger partial charge on any atom is -0.486 e. The van der Waals surface area contributed by atoms with Gasteiger partial charge in [0.2, 0.25) is 4.80 Å². The van der Waals surface area contributed by atoms with Crippen LogP contribution in [0.5, 0.6) is 11.5 Å². The van der Waals surface area contributed by atoms with Crippen LogP contribution in [0.2, 0.25) is 0 Å². The van der Waals surface area contributed by atoms with Crippen LogP contribution in [0.15, 0.2) is 58.1 Å². The molecule has 0 bridgehead atoms. The summed E-state index contributed by atoms with van der Waals surface area (Å²) in [5.41, 5.74) is 2.80. The Bertz CT molecular complexity index is 1050. The van der Waals surface area contributed by atoms with Crippen molar-refractivity contribution in [1.29, 1.82) is 0 Å². The first-order valence-electron chi connectivity index (χ1n) is 8.97. The van der Waals surface area contributed by atoms with Crippen LogP contribution in [0.1, 0.15) is 18.5 Å². The first-order chi connectivity index (χ1) is 13.4. The highest BCUT2D eigenvalue weighted by molar-refractivity contribution is 7.07. The van der Waals surface area contributed by atoms with E-state index in [-0.39, 0.29) is 0 Å². The molecule has 0 atom stereocenters. The number of fused-ring (bicyclic) bond motifs is 1. The molecule has 0 unspecified atom stereocenters. The topological polar surface area (TPSA) is 61.0 Å². The third-order valence-corrected chi connectivity index (χ3v) is 5.19. The van der Waals surface area contributed by atoms with Gasteiger partial charge in [0.25, 0.3) is 0 Å². The van der Waals surface area contributed by atoms with Gasteiger partial charge in [-0.1, -0.05) is 6.07 Å². The fourth-order valence-corrected chi connectivity index (χ4v) is 3.74. The Kier molecular flexibility index (Phi) is 4.21. The summed E-state index contributed by atoms with van der Waals surface area (Å²) in [4.78, 5) is 10.0. The number of rotatable bonds is 4. The Balaban J connectivity index is 1.58. The molecule has 5 rings (SSSR count). The lowest BCUT2D eigenvalue weighted by Crippen LogP contribution is -2.15. The van der Waals surface area contributed by atoms with Crippen molar-refractivity contribution >= 4 is 17.6 Å². The minimum absolute atomic E-state index is 0.424. The lowest BCUT2D eigenvalue weighted by atomic mass is 10.1. The van der Waals surface area contributed by atoms with E-state index in [9.17, 15) is 0 Å². The number of nitrogens with zero attached hydrogens (tertiary/aromatic N) is 4. The minimum atomic E-state index is 0.424. The average molecular weight is 378 g/mol. The third-order valence-electron chi connectivity index (χ3n) is 4.36. The Labute approximate surface area is 160 Å². The van der Waals surface area contributed by atoms with Gasteiger partial charge in [0.15, 0.2) is 11.5 Å². The number of aromatic nitrogens is 2. The van der Waals surface area contributed by atoms with Gasteiger partial charge in [0.05, 0.1) is 23.6 Å². The first kappa shape index (κ1) is 16.3. The molecule has 6 nitrogen and oxygen atoms in total. The second-order valence-corrected chi connectivity index (χ2v) is 7.27.